The van der Waals surface area contributed by atoms with Crippen molar-refractivity contribution in [2.45, 2.75) is 25.4 Å². The Morgan fingerprint density at radius 1 is 1.06 bits per heavy atom. The maximum Gasteiger partial charge on any atom is 0.121 e. The van der Waals surface area contributed by atoms with Crippen molar-refractivity contribution in [2.24, 2.45) is 0 Å². The van der Waals surface area contributed by atoms with Crippen LogP contribution in [-0.4, -0.2) is 0 Å². The molecule has 0 aromatic heterocycles. The highest BCUT2D eigenvalue weighted by atomic mass is 79.9. The van der Waals surface area contributed by atoms with Gasteiger partial charge >= 0.3 is 0 Å². The minimum atomic E-state index is 0.626. The summed E-state index contributed by atoms with van der Waals surface area (Å²) in [5.74, 6) is 1.71. The molecule has 18 heavy (non-hydrogen) atoms. The lowest BCUT2D eigenvalue weighted by Gasteiger charge is -2.09. The zero-order valence-corrected chi connectivity index (χ0v) is 11.7. The highest BCUT2D eigenvalue weighted by Gasteiger charge is 2.24. The summed E-state index contributed by atoms with van der Waals surface area (Å²) >= 11 is 3.56. The third kappa shape index (κ3) is 2.94. The molecule has 1 nitrogen and oxygen atoms in total. The van der Waals surface area contributed by atoms with E-state index in [4.69, 9.17) is 4.74 Å². The van der Waals surface area contributed by atoms with E-state index >= 15 is 0 Å². The number of hydrogen-bond acceptors (Lipinski definition) is 1. The van der Waals surface area contributed by atoms with Crippen molar-refractivity contribution in [2.75, 3.05) is 0 Å². The number of rotatable bonds is 4. The number of halogens is 1. The smallest absolute Gasteiger partial charge is 0.121 e. The molecule has 0 saturated heterocycles. The fourth-order valence-corrected chi connectivity index (χ4v) is 2.55. The summed E-state index contributed by atoms with van der Waals surface area (Å²) in [5, 5.41) is 0. The summed E-state index contributed by atoms with van der Waals surface area (Å²) in [4.78, 5) is 0. The molecule has 1 aliphatic rings. The lowest BCUT2D eigenvalue weighted by Crippen LogP contribution is -1.95. The Bertz CT molecular complexity index is 532. The van der Waals surface area contributed by atoms with Crippen molar-refractivity contribution in [1.82, 2.24) is 0 Å². The largest absolute Gasteiger partial charge is 0.489 e. The van der Waals surface area contributed by atoms with Gasteiger partial charge in [0.2, 0.25) is 0 Å². The SMILES string of the molecule is Brc1cc(OCc2ccccc2)cc(C2CC2)c1. The van der Waals surface area contributed by atoms with Crippen LogP contribution in [0.4, 0.5) is 0 Å². The van der Waals surface area contributed by atoms with Crippen LogP contribution in [-0.2, 0) is 6.61 Å². The molecule has 2 aromatic carbocycles. The average molecular weight is 303 g/mol. The lowest BCUT2D eigenvalue weighted by atomic mass is 10.1. The highest BCUT2D eigenvalue weighted by molar-refractivity contribution is 9.10. The number of ether oxygens (including phenoxy) is 1. The van der Waals surface area contributed by atoms with E-state index in [1.165, 1.54) is 24.0 Å². The predicted molar refractivity (Wildman–Crippen MR) is 76.9 cm³/mol. The van der Waals surface area contributed by atoms with E-state index in [0.717, 1.165) is 16.1 Å². The zero-order chi connectivity index (χ0) is 12.4. The van der Waals surface area contributed by atoms with E-state index in [0.29, 0.717) is 6.61 Å². The summed E-state index contributed by atoms with van der Waals surface area (Å²) in [6.45, 7) is 0.626. The molecular formula is C16H15BrO. The minimum Gasteiger partial charge on any atom is -0.489 e. The highest BCUT2D eigenvalue weighted by Crippen LogP contribution is 2.42. The topological polar surface area (TPSA) is 9.23 Å². The van der Waals surface area contributed by atoms with E-state index in [1.54, 1.807) is 0 Å². The first kappa shape index (κ1) is 11.8. The van der Waals surface area contributed by atoms with Gasteiger partial charge in [0.25, 0.3) is 0 Å². The third-order valence-corrected chi connectivity index (χ3v) is 3.65. The van der Waals surface area contributed by atoms with Gasteiger partial charge in [-0.1, -0.05) is 46.3 Å². The van der Waals surface area contributed by atoms with Gasteiger partial charge in [-0.15, -0.1) is 0 Å². The van der Waals surface area contributed by atoms with Crippen LogP contribution in [0.15, 0.2) is 53.0 Å². The molecule has 2 aromatic rings. The van der Waals surface area contributed by atoms with Crippen LogP contribution in [0.3, 0.4) is 0 Å². The molecule has 0 heterocycles. The average Bonchev–Trinajstić information content (AvgIpc) is 3.21. The van der Waals surface area contributed by atoms with E-state index in [9.17, 15) is 0 Å². The summed E-state index contributed by atoms with van der Waals surface area (Å²) in [7, 11) is 0. The quantitative estimate of drug-likeness (QED) is 0.780. The molecule has 2 heteroatoms. The van der Waals surface area contributed by atoms with Crippen molar-refractivity contribution in [3.05, 3.63) is 64.1 Å². The maximum atomic E-state index is 5.86. The van der Waals surface area contributed by atoms with Gasteiger partial charge in [0.1, 0.15) is 12.4 Å². The molecule has 3 rings (SSSR count). The Morgan fingerprint density at radius 3 is 2.56 bits per heavy atom. The van der Waals surface area contributed by atoms with Crippen molar-refractivity contribution in [1.29, 1.82) is 0 Å². The van der Waals surface area contributed by atoms with Crippen LogP contribution in [0, 0.1) is 0 Å². The molecule has 0 atom stereocenters. The Balaban J connectivity index is 1.72. The van der Waals surface area contributed by atoms with Gasteiger partial charge in [-0.25, -0.2) is 0 Å². The fourth-order valence-electron chi connectivity index (χ4n) is 2.06. The van der Waals surface area contributed by atoms with Gasteiger partial charge in [0, 0.05) is 4.47 Å². The normalized spacial score (nSPS) is 14.5. The molecule has 0 radical (unpaired) electrons. The minimum absolute atomic E-state index is 0.626. The summed E-state index contributed by atoms with van der Waals surface area (Å²) < 4.78 is 6.97. The van der Waals surface area contributed by atoms with Crippen molar-refractivity contribution in [3.8, 4) is 5.75 Å². The first-order valence-electron chi connectivity index (χ1n) is 6.28. The fraction of sp³-hybridized carbons (Fsp3) is 0.250. The van der Waals surface area contributed by atoms with Gasteiger partial charge < -0.3 is 4.74 Å². The Hall–Kier alpha value is -1.28. The van der Waals surface area contributed by atoms with Gasteiger partial charge in [-0.3, -0.25) is 0 Å². The second-order valence-corrected chi connectivity index (χ2v) is 5.68. The molecule has 0 spiro atoms. The molecule has 0 aliphatic heterocycles. The second kappa shape index (κ2) is 5.15. The number of hydrogen-bond donors (Lipinski definition) is 0. The zero-order valence-electron chi connectivity index (χ0n) is 10.1. The van der Waals surface area contributed by atoms with Crippen molar-refractivity contribution < 1.29 is 4.74 Å². The van der Waals surface area contributed by atoms with Crippen LogP contribution in [0.5, 0.6) is 5.75 Å². The van der Waals surface area contributed by atoms with Gasteiger partial charge in [-0.05, 0) is 48.1 Å². The molecule has 0 bridgehead atoms. The monoisotopic (exact) mass is 302 g/mol. The second-order valence-electron chi connectivity index (χ2n) is 4.77. The third-order valence-electron chi connectivity index (χ3n) is 3.19. The summed E-state index contributed by atoms with van der Waals surface area (Å²) in [5.41, 5.74) is 2.60. The van der Waals surface area contributed by atoms with Crippen molar-refractivity contribution >= 4 is 15.9 Å². The summed E-state index contributed by atoms with van der Waals surface area (Å²) in [6.07, 6.45) is 2.63. The Morgan fingerprint density at radius 2 is 1.83 bits per heavy atom. The standard InChI is InChI=1S/C16H15BrO/c17-15-8-14(13-6-7-13)9-16(10-15)18-11-12-4-2-1-3-5-12/h1-5,8-10,13H,6-7,11H2. The van der Waals surface area contributed by atoms with E-state index in [2.05, 4.69) is 40.2 Å². The molecular weight excluding hydrogens is 288 g/mol. The van der Waals surface area contributed by atoms with Gasteiger partial charge in [0.05, 0.1) is 0 Å². The summed E-state index contributed by atoms with van der Waals surface area (Å²) in [6, 6.07) is 16.7. The van der Waals surface area contributed by atoms with Crippen LogP contribution < -0.4 is 4.74 Å². The van der Waals surface area contributed by atoms with Crippen LogP contribution >= 0.6 is 15.9 Å². The lowest BCUT2D eigenvalue weighted by molar-refractivity contribution is 0.305. The van der Waals surface area contributed by atoms with Gasteiger partial charge in [-0.2, -0.15) is 0 Å². The van der Waals surface area contributed by atoms with Gasteiger partial charge in [0.15, 0.2) is 0 Å². The molecule has 1 fully saturated rings. The van der Waals surface area contributed by atoms with Crippen LogP contribution in [0.25, 0.3) is 0 Å². The molecule has 1 saturated carbocycles. The molecule has 0 amide bonds. The van der Waals surface area contributed by atoms with Crippen molar-refractivity contribution in [3.63, 3.8) is 0 Å². The molecule has 0 N–H and O–H groups in total. The van der Waals surface area contributed by atoms with E-state index < -0.39 is 0 Å². The van der Waals surface area contributed by atoms with E-state index in [1.807, 2.05) is 24.3 Å². The van der Waals surface area contributed by atoms with E-state index in [-0.39, 0.29) is 0 Å². The first-order chi connectivity index (χ1) is 8.81. The molecule has 1 aliphatic carbocycles. The maximum absolute atomic E-state index is 5.86. The molecule has 0 unspecified atom stereocenters. The first-order valence-corrected chi connectivity index (χ1v) is 7.08. The number of benzene rings is 2. The Labute approximate surface area is 116 Å². The molecule has 92 valence electrons. The Kier molecular flexibility index (Phi) is 3.37. The van der Waals surface area contributed by atoms with Crippen LogP contribution in [0.2, 0.25) is 0 Å². The van der Waals surface area contributed by atoms with Crippen LogP contribution in [0.1, 0.15) is 29.9 Å². The predicted octanol–water partition coefficient (Wildman–Crippen LogP) is 4.91.